The molecule has 1 aromatic carbocycles. The molecule has 0 radical (unpaired) electrons. The lowest BCUT2D eigenvalue weighted by atomic mass is 10.2. The Labute approximate surface area is 127 Å². The second-order valence-electron chi connectivity index (χ2n) is 4.79. The van der Waals surface area contributed by atoms with E-state index in [9.17, 15) is 21.2 Å². The van der Waals surface area contributed by atoms with Crippen LogP contribution in [-0.4, -0.2) is 39.5 Å². The Morgan fingerprint density at radius 3 is 2.57 bits per heavy atom. The van der Waals surface area contributed by atoms with Crippen molar-refractivity contribution in [3.63, 3.8) is 0 Å². The molecule has 1 aliphatic rings. The van der Waals surface area contributed by atoms with E-state index in [0.717, 1.165) is 22.5 Å². The highest BCUT2D eigenvalue weighted by Crippen LogP contribution is 2.28. The summed E-state index contributed by atoms with van der Waals surface area (Å²) in [6.45, 7) is -0.116. The molecule has 1 aliphatic heterocycles. The van der Waals surface area contributed by atoms with E-state index < -0.39 is 31.1 Å². The predicted octanol–water partition coefficient (Wildman–Crippen LogP) is 0.921. The van der Waals surface area contributed by atoms with E-state index in [1.165, 1.54) is 0 Å². The molecule has 1 unspecified atom stereocenters. The zero-order valence-electron chi connectivity index (χ0n) is 10.9. The summed E-state index contributed by atoms with van der Waals surface area (Å²) in [6, 6.07) is 3.01. The molecule has 0 spiro atoms. The lowest BCUT2D eigenvalue weighted by Gasteiger charge is -2.30. The molecule has 0 amide bonds. The molecule has 0 saturated carbocycles. The van der Waals surface area contributed by atoms with Gasteiger partial charge in [-0.15, -0.1) is 0 Å². The maximum Gasteiger partial charge on any atom is 0.244 e. The number of nitrogens with two attached hydrogens (primary N) is 1. The zero-order valence-corrected chi connectivity index (χ0v) is 13.3. The van der Waals surface area contributed by atoms with Crippen molar-refractivity contribution in [2.75, 3.05) is 13.1 Å². The molecule has 2 rings (SSSR count). The Kier molecular flexibility index (Phi) is 4.60. The number of nitrogens with zero attached hydrogens (tertiary/aromatic N) is 1. The lowest BCUT2D eigenvalue weighted by Crippen LogP contribution is -2.47. The Morgan fingerprint density at radius 1 is 1.29 bits per heavy atom. The van der Waals surface area contributed by atoms with Crippen molar-refractivity contribution in [3.05, 3.63) is 29.0 Å². The third-order valence-corrected chi connectivity index (χ3v) is 6.98. The zero-order chi connectivity index (χ0) is 15.8. The van der Waals surface area contributed by atoms with Crippen LogP contribution in [0.4, 0.5) is 4.39 Å². The molecule has 1 saturated heterocycles. The van der Waals surface area contributed by atoms with E-state index in [1.54, 1.807) is 0 Å². The lowest BCUT2D eigenvalue weighted by molar-refractivity contribution is 0.346. The van der Waals surface area contributed by atoms with Gasteiger partial charge in [-0.05, 0) is 31.0 Å². The summed E-state index contributed by atoms with van der Waals surface area (Å²) in [6.07, 6.45) is 0.648. The summed E-state index contributed by atoms with van der Waals surface area (Å²) in [4.78, 5) is -0.376. The fourth-order valence-electron chi connectivity index (χ4n) is 2.21. The van der Waals surface area contributed by atoms with E-state index >= 15 is 0 Å². The van der Waals surface area contributed by atoms with Crippen LogP contribution in [0.15, 0.2) is 23.1 Å². The van der Waals surface area contributed by atoms with Crippen LogP contribution < -0.4 is 5.14 Å². The van der Waals surface area contributed by atoms with Gasteiger partial charge in [0.05, 0.1) is 10.3 Å². The molecular formula is C11H14ClFN2O4S2. The first kappa shape index (κ1) is 16.6. The van der Waals surface area contributed by atoms with Crippen molar-refractivity contribution in [2.45, 2.75) is 23.0 Å². The topological polar surface area (TPSA) is 97.5 Å². The minimum Gasteiger partial charge on any atom is -0.228 e. The molecule has 6 nitrogen and oxygen atoms in total. The van der Waals surface area contributed by atoms with Crippen LogP contribution >= 0.6 is 11.6 Å². The first-order chi connectivity index (χ1) is 9.62. The van der Waals surface area contributed by atoms with Gasteiger partial charge in [-0.1, -0.05) is 11.6 Å². The van der Waals surface area contributed by atoms with Gasteiger partial charge in [0, 0.05) is 13.1 Å². The summed E-state index contributed by atoms with van der Waals surface area (Å²) in [5.74, 6) is -0.738. The molecule has 21 heavy (non-hydrogen) atoms. The predicted molar refractivity (Wildman–Crippen MR) is 76.3 cm³/mol. The standard InChI is InChI=1S/C11H14ClFN2O4S2/c12-10-4-3-8(13)6-11(10)21(18,19)15-5-1-2-9(7-15)20(14,16)17/h3-4,6,9H,1-2,5,7H2,(H2,14,16,17). The molecule has 1 atom stereocenters. The smallest absolute Gasteiger partial charge is 0.228 e. The molecule has 0 aliphatic carbocycles. The molecular weight excluding hydrogens is 343 g/mol. The number of sulfonamides is 2. The van der Waals surface area contributed by atoms with E-state index in [0.29, 0.717) is 12.8 Å². The van der Waals surface area contributed by atoms with Gasteiger partial charge in [0.1, 0.15) is 10.7 Å². The quantitative estimate of drug-likeness (QED) is 0.870. The minimum absolute atomic E-state index is 0.117. The van der Waals surface area contributed by atoms with Crippen molar-refractivity contribution >= 4 is 31.6 Å². The number of rotatable bonds is 3. The highest BCUT2D eigenvalue weighted by atomic mass is 35.5. The van der Waals surface area contributed by atoms with Gasteiger partial charge < -0.3 is 0 Å². The fraction of sp³-hybridized carbons (Fsp3) is 0.455. The van der Waals surface area contributed by atoms with Crippen molar-refractivity contribution in [1.82, 2.24) is 4.31 Å². The first-order valence-corrected chi connectivity index (χ1v) is 9.52. The van der Waals surface area contributed by atoms with Crippen molar-refractivity contribution in [3.8, 4) is 0 Å². The van der Waals surface area contributed by atoms with Crippen molar-refractivity contribution in [2.24, 2.45) is 5.14 Å². The van der Waals surface area contributed by atoms with Crippen molar-refractivity contribution in [1.29, 1.82) is 0 Å². The Morgan fingerprint density at radius 2 is 1.95 bits per heavy atom. The Hall–Kier alpha value is -0.740. The van der Waals surface area contributed by atoms with Crippen molar-refractivity contribution < 1.29 is 21.2 Å². The summed E-state index contributed by atoms with van der Waals surface area (Å²) >= 11 is 5.81. The molecule has 1 fully saturated rings. The van der Waals surface area contributed by atoms with E-state index in [1.807, 2.05) is 0 Å². The van der Waals surface area contributed by atoms with Gasteiger partial charge in [-0.25, -0.2) is 26.4 Å². The van der Waals surface area contributed by atoms with Crippen LogP contribution in [-0.2, 0) is 20.0 Å². The first-order valence-electron chi connectivity index (χ1n) is 6.09. The number of halogens is 2. The molecule has 1 aromatic rings. The van der Waals surface area contributed by atoms with Gasteiger partial charge in [-0.3, -0.25) is 0 Å². The Balaban J connectivity index is 2.38. The SMILES string of the molecule is NS(=O)(=O)C1CCCN(S(=O)(=O)c2cc(F)ccc2Cl)C1. The van der Waals surface area contributed by atoms with Crippen LogP contribution in [0.2, 0.25) is 5.02 Å². The number of primary sulfonamides is 1. The van der Waals surface area contributed by atoms with Crippen LogP contribution in [0.1, 0.15) is 12.8 Å². The second-order valence-corrected chi connectivity index (χ2v) is 8.95. The third kappa shape index (κ3) is 3.54. The van der Waals surface area contributed by atoms with Gasteiger partial charge in [0.2, 0.25) is 20.0 Å². The highest BCUT2D eigenvalue weighted by molar-refractivity contribution is 7.90. The Bertz CT molecular complexity index is 751. The van der Waals surface area contributed by atoms with Crippen LogP contribution in [0.3, 0.4) is 0 Å². The minimum atomic E-state index is -4.07. The highest BCUT2D eigenvalue weighted by Gasteiger charge is 2.35. The van der Waals surface area contributed by atoms with Crippen LogP contribution in [0.5, 0.6) is 0 Å². The fourth-order valence-corrected chi connectivity index (χ4v) is 5.19. The molecule has 10 heteroatoms. The van der Waals surface area contributed by atoms with Gasteiger partial charge >= 0.3 is 0 Å². The average Bonchev–Trinajstić information content (AvgIpc) is 2.40. The number of hydrogen-bond acceptors (Lipinski definition) is 4. The number of benzene rings is 1. The molecule has 0 bridgehead atoms. The second kappa shape index (κ2) is 5.81. The normalized spacial score (nSPS) is 21.4. The average molecular weight is 357 g/mol. The number of piperidine rings is 1. The molecule has 1 heterocycles. The van der Waals surface area contributed by atoms with E-state index in [4.69, 9.17) is 16.7 Å². The van der Waals surface area contributed by atoms with E-state index in [2.05, 4.69) is 0 Å². The van der Waals surface area contributed by atoms with Crippen LogP contribution in [0, 0.1) is 5.82 Å². The maximum absolute atomic E-state index is 13.3. The molecule has 118 valence electrons. The van der Waals surface area contributed by atoms with E-state index in [-0.39, 0.29) is 23.0 Å². The number of hydrogen-bond donors (Lipinski definition) is 1. The maximum atomic E-state index is 13.3. The molecule has 2 N–H and O–H groups in total. The summed E-state index contributed by atoms with van der Waals surface area (Å²) in [7, 11) is -7.90. The van der Waals surface area contributed by atoms with Gasteiger partial charge in [-0.2, -0.15) is 4.31 Å². The van der Waals surface area contributed by atoms with Crippen LogP contribution in [0.25, 0.3) is 0 Å². The summed E-state index contributed by atoms with van der Waals surface area (Å²) < 4.78 is 61.9. The van der Waals surface area contributed by atoms with Gasteiger partial charge in [0.15, 0.2) is 0 Å². The summed E-state index contributed by atoms with van der Waals surface area (Å²) in [5, 5.41) is 3.99. The van der Waals surface area contributed by atoms with Gasteiger partial charge in [0.25, 0.3) is 0 Å². The summed E-state index contributed by atoms with van der Waals surface area (Å²) in [5.41, 5.74) is 0. The third-order valence-electron chi connectivity index (χ3n) is 3.32. The molecule has 0 aromatic heterocycles. The largest absolute Gasteiger partial charge is 0.244 e. The monoisotopic (exact) mass is 356 g/mol.